The fourth-order valence-electron chi connectivity index (χ4n) is 3.22. The van der Waals surface area contributed by atoms with Gasteiger partial charge in [0.15, 0.2) is 0 Å². The van der Waals surface area contributed by atoms with Crippen LogP contribution in [0.2, 0.25) is 10.0 Å². The molecule has 0 saturated heterocycles. The second-order valence-corrected chi connectivity index (χ2v) is 7.13. The van der Waals surface area contributed by atoms with E-state index in [4.69, 9.17) is 28.2 Å². The normalized spacial score (nSPS) is 14.8. The molecule has 1 aromatic heterocycles. The van der Waals surface area contributed by atoms with E-state index in [1.165, 1.54) is 25.7 Å². The summed E-state index contributed by atoms with van der Waals surface area (Å²) in [6.07, 6.45) is 4.90. The second kappa shape index (κ2) is 7.06. The van der Waals surface area contributed by atoms with Crippen LogP contribution < -0.4 is 10.6 Å². The molecule has 4 rings (SSSR count). The molecule has 1 aliphatic rings. The largest absolute Gasteiger partial charge is 0.367 e. The molecular weight excluding hydrogens is 355 g/mol. The molecule has 0 amide bonds. The highest BCUT2D eigenvalue weighted by Crippen LogP contribution is 2.30. The highest BCUT2D eigenvalue weighted by molar-refractivity contribution is 6.35. The summed E-state index contributed by atoms with van der Waals surface area (Å²) in [5.41, 5.74) is 1.58. The predicted octanol–water partition coefficient (Wildman–Crippen LogP) is 6.03. The van der Waals surface area contributed by atoms with E-state index in [1.807, 2.05) is 24.3 Å². The van der Waals surface area contributed by atoms with Crippen molar-refractivity contribution in [2.75, 3.05) is 10.6 Å². The van der Waals surface area contributed by atoms with Crippen molar-refractivity contribution in [2.45, 2.75) is 31.7 Å². The molecule has 4 nitrogen and oxygen atoms in total. The van der Waals surface area contributed by atoms with E-state index in [-0.39, 0.29) is 0 Å². The first-order valence-electron chi connectivity index (χ1n) is 8.44. The Morgan fingerprint density at radius 2 is 1.76 bits per heavy atom. The van der Waals surface area contributed by atoms with E-state index < -0.39 is 0 Å². The van der Waals surface area contributed by atoms with E-state index in [0.29, 0.717) is 27.7 Å². The van der Waals surface area contributed by atoms with Crippen LogP contribution in [-0.2, 0) is 0 Å². The minimum absolute atomic E-state index is 0.473. The van der Waals surface area contributed by atoms with Gasteiger partial charge in [-0.25, -0.2) is 4.98 Å². The molecule has 3 aromatic rings. The Morgan fingerprint density at radius 3 is 2.60 bits per heavy atom. The van der Waals surface area contributed by atoms with Gasteiger partial charge in [0, 0.05) is 16.5 Å². The number of benzene rings is 2. The molecule has 2 N–H and O–H groups in total. The Balaban J connectivity index is 1.72. The van der Waals surface area contributed by atoms with Crippen LogP contribution in [0.4, 0.5) is 17.5 Å². The summed E-state index contributed by atoms with van der Waals surface area (Å²) in [7, 11) is 0. The molecule has 0 aliphatic heterocycles. The monoisotopic (exact) mass is 372 g/mol. The van der Waals surface area contributed by atoms with Gasteiger partial charge in [-0.2, -0.15) is 4.98 Å². The third kappa shape index (κ3) is 3.65. The zero-order valence-corrected chi connectivity index (χ0v) is 15.1. The molecule has 1 heterocycles. The quantitative estimate of drug-likeness (QED) is 0.586. The summed E-state index contributed by atoms with van der Waals surface area (Å²) in [5.74, 6) is 1.36. The number of hydrogen-bond acceptors (Lipinski definition) is 4. The first kappa shape index (κ1) is 16.4. The zero-order valence-electron chi connectivity index (χ0n) is 13.6. The third-order valence-corrected chi connectivity index (χ3v) is 5.04. The number of nitrogens with one attached hydrogen (secondary N) is 2. The molecule has 25 heavy (non-hydrogen) atoms. The third-order valence-electron chi connectivity index (χ3n) is 4.47. The lowest BCUT2D eigenvalue weighted by Crippen LogP contribution is -2.16. The van der Waals surface area contributed by atoms with Gasteiger partial charge in [-0.1, -0.05) is 48.2 Å². The van der Waals surface area contributed by atoms with Crippen LogP contribution in [-0.4, -0.2) is 16.0 Å². The SMILES string of the molecule is Clc1ccc(Cl)c(Nc2nc(NC3CCCC3)c3ccccc3n2)c1. The predicted molar refractivity (Wildman–Crippen MR) is 105 cm³/mol. The molecule has 0 radical (unpaired) electrons. The molecule has 0 atom stereocenters. The number of para-hydroxylation sites is 1. The van der Waals surface area contributed by atoms with E-state index in [2.05, 4.69) is 15.6 Å². The Hall–Kier alpha value is -2.04. The van der Waals surface area contributed by atoms with Crippen LogP contribution in [0.5, 0.6) is 0 Å². The molecule has 2 aromatic carbocycles. The van der Waals surface area contributed by atoms with Crippen LogP contribution in [0.15, 0.2) is 42.5 Å². The molecule has 128 valence electrons. The second-order valence-electron chi connectivity index (χ2n) is 6.29. The maximum Gasteiger partial charge on any atom is 0.229 e. The topological polar surface area (TPSA) is 49.8 Å². The summed E-state index contributed by atoms with van der Waals surface area (Å²) in [6.45, 7) is 0. The summed E-state index contributed by atoms with van der Waals surface area (Å²) < 4.78 is 0. The fraction of sp³-hybridized carbons (Fsp3) is 0.263. The Labute approximate surface area is 156 Å². The molecule has 0 spiro atoms. The van der Waals surface area contributed by atoms with Crippen molar-refractivity contribution in [3.05, 3.63) is 52.5 Å². The smallest absolute Gasteiger partial charge is 0.229 e. The Morgan fingerprint density at radius 1 is 0.960 bits per heavy atom. The van der Waals surface area contributed by atoms with Gasteiger partial charge in [0.05, 0.1) is 16.2 Å². The summed E-state index contributed by atoms with van der Waals surface area (Å²) >= 11 is 12.3. The molecule has 1 aliphatic carbocycles. The van der Waals surface area contributed by atoms with Crippen LogP contribution in [0.25, 0.3) is 10.9 Å². The highest BCUT2D eigenvalue weighted by Gasteiger charge is 2.17. The minimum atomic E-state index is 0.473. The standard InChI is InChI=1S/C19H18Cl2N4/c20-12-9-10-15(21)17(11-12)24-19-23-16-8-4-3-7-14(16)18(25-19)22-13-5-1-2-6-13/h3-4,7-11,13H,1-2,5-6H2,(H2,22,23,24,25). The number of fused-ring (bicyclic) bond motifs is 1. The van der Waals surface area contributed by atoms with Crippen molar-refractivity contribution in [2.24, 2.45) is 0 Å². The maximum absolute atomic E-state index is 6.25. The molecular formula is C19H18Cl2N4. The summed E-state index contributed by atoms with van der Waals surface area (Å²) in [5, 5.41) is 8.99. The number of rotatable bonds is 4. The molecule has 1 saturated carbocycles. The van der Waals surface area contributed by atoms with E-state index >= 15 is 0 Å². The van der Waals surface area contributed by atoms with Gasteiger partial charge in [-0.3, -0.25) is 0 Å². The maximum atomic E-state index is 6.25. The molecule has 0 unspecified atom stereocenters. The van der Waals surface area contributed by atoms with Crippen LogP contribution in [0.1, 0.15) is 25.7 Å². The summed E-state index contributed by atoms with van der Waals surface area (Å²) in [6, 6.07) is 13.8. The fourth-order valence-corrected chi connectivity index (χ4v) is 3.56. The lowest BCUT2D eigenvalue weighted by molar-refractivity contribution is 0.752. The van der Waals surface area contributed by atoms with Gasteiger partial charge in [-0.05, 0) is 43.2 Å². The van der Waals surface area contributed by atoms with Crippen molar-refractivity contribution < 1.29 is 0 Å². The van der Waals surface area contributed by atoms with Crippen molar-refractivity contribution in [1.29, 1.82) is 0 Å². The van der Waals surface area contributed by atoms with Crippen molar-refractivity contribution in [1.82, 2.24) is 9.97 Å². The number of anilines is 3. The average Bonchev–Trinajstić information content (AvgIpc) is 3.11. The average molecular weight is 373 g/mol. The van der Waals surface area contributed by atoms with Crippen LogP contribution >= 0.6 is 23.2 Å². The molecule has 1 fully saturated rings. The number of aromatic nitrogens is 2. The van der Waals surface area contributed by atoms with E-state index in [9.17, 15) is 0 Å². The summed E-state index contributed by atoms with van der Waals surface area (Å²) in [4.78, 5) is 9.31. The van der Waals surface area contributed by atoms with Gasteiger partial charge in [-0.15, -0.1) is 0 Å². The molecule has 6 heteroatoms. The van der Waals surface area contributed by atoms with Gasteiger partial charge in [0.25, 0.3) is 0 Å². The van der Waals surface area contributed by atoms with Gasteiger partial charge in [0.1, 0.15) is 5.82 Å². The number of nitrogens with zero attached hydrogens (tertiary/aromatic N) is 2. The van der Waals surface area contributed by atoms with Gasteiger partial charge < -0.3 is 10.6 Å². The number of halogens is 2. The first-order valence-corrected chi connectivity index (χ1v) is 9.20. The lowest BCUT2D eigenvalue weighted by atomic mass is 10.2. The Bertz CT molecular complexity index is 907. The lowest BCUT2D eigenvalue weighted by Gasteiger charge is -2.16. The number of hydrogen-bond donors (Lipinski definition) is 2. The minimum Gasteiger partial charge on any atom is -0.367 e. The van der Waals surface area contributed by atoms with E-state index in [1.54, 1.807) is 18.2 Å². The first-order chi connectivity index (χ1) is 12.2. The van der Waals surface area contributed by atoms with Crippen LogP contribution in [0, 0.1) is 0 Å². The highest BCUT2D eigenvalue weighted by atomic mass is 35.5. The van der Waals surface area contributed by atoms with Crippen molar-refractivity contribution >= 4 is 51.6 Å². The van der Waals surface area contributed by atoms with E-state index in [0.717, 1.165) is 16.7 Å². The zero-order chi connectivity index (χ0) is 17.2. The molecule has 0 bridgehead atoms. The van der Waals surface area contributed by atoms with Crippen LogP contribution in [0.3, 0.4) is 0 Å². The van der Waals surface area contributed by atoms with Gasteiger partial charge in [0.2, 0.25) is 5.95 Å². The van der Waals surface area contributed by atoms with Gasteiger partial charge >= 0.3 is 0 Å². The van der Waals surface area contributed by atoms with Crippen molar-refractivity contribution in [3.8, 4) is 0 Å². The van der Waals surface area contributed by atoms with Crippen molar-refractivity contribution in [3.63, 3.8) is 0 Å². The Kier molecular flexibility index (Phi) is 4.64.